The number of hydrogen-bond acceptors (Lipinski definition) is 3. The molecule has 130 valence electrons. The Bertz CT molecular complexity index is 1210. The third-order valence-electron chi connectivity index (χ3n) is 4.63. The van der Waals surface area contributed by atoms with Crippen LogP contribution >= 0.6 is 0 Å². The van der Waals surface area contributed by atoms with Gasteiger partial charge in [-0.3, -0.25) is 4.57 Å². The molecule has 8 heteroatoms. The third kappa shape index (κ3) is 2.11. The van der Waals surface area contributed by atoms with Crippen molar-refractivity contribution in [3.8, 4) is 5.95 Å². The smallest absolute Gasteiger partial charge is 0.338 e. The molecule has 0 spiro atoms. The first-order valence-electron chi connectivity index (χ1n) is 8.10. The van der Waals surface area contributed by atoms with Crippen molar-refractivity contribution in [3.05, 3.63) is 53.9 Å². The van der Waals surface area contributed by atoms with Gasteiger partial charge in [-0.15, -0.1) is 0 Å². The van der Waals surface area contributed by atoms with Gasteiger partial charge in [0.25, 0.3) is 0 Å². The molecule has 1 N–H and O–H groups in total. The number of carbonyl (C=O) groups is 1. The molecule has 0 unspecified atom stereocenters. The molecule has 26 heavy (non-hydrogen) atoms. The second kappa shape index (κ2) is 5.10. The van der Waals surface area contributed by atoms with Crippen molar-refractivity contribution in [2.24, 2.45) is 0 Å². The van der Waals surface area contributed by atoms with Gasteiger partial charge >= 0.3 is 5.97 Å². The fourth-order valence-corrected chi connectivity index (χ4v) is 3.27. The number of halogens is 2. The molecule has 0 radical (unpaired) electrons. The summed E-state index contributed by atoms with van der Waals surface area (Å²) in [6.07, 6.45) is 3.39. The van der Waals surface area contributed by atoms with Crippen LogP contribution in [0.25, 0.3) is 28.0 Å². The quantitative estimate of drug-likeness (QED) is 0.609. The number of aromatic nitrogens is 4. The predicted octanol–water partition coefficient (Wildman–Crippen LogP) is 3.69. The van der Waals surface area contributed by atoms with Gasteiger partial charge in [-0.25, -0.2) is 23.5 Å². The van der Waals surface area contributed by atoms with Crippen LogP contribution in [0, 0.1) is 11.6 Å². The van der Waals surface area contributed by atoms with E-state index in [0.717, 1.165) is 18.9 Å². The summed E-state index contributed by atoms with van der Waals surface area (Å²) in [7, 11) is 0. The van der Waals surface area contributed by atoms with E-state index in [2.05, 4.69) is 9.97 Å². The number of hydrogen-bond donors (Lipinski definition) is 1. The molecule has 0 bridgehead atoms. The number of rotatable bonds is 3. The summed E-state index contributed by atoms with van der Waals surface area (Å²) in [6.45, 7) is 0. The molecule has 2 aromatic carbocycles. The Balaban J connectivity index is 1.82. The SMILES string of the molecule is O=C(O)c1cc2c(cc1F)ncn2-c1nc2ccc(F)cc2n1C1CC1. The number of carboxylic acid groups (broad SMARTS) is 1. The van der Waals surface area contributed by atoms with E-state index >= 15 is 0 Å². The first kappa shape index (κ1) is 15.0. The highest BCUT2D eigenvalue weighted by Gasteiger charge is 2.30. The molecule has 0 aliphatic heterocycles. The zero-order valence-electron chi connectivity index (χ0n) is 13.4. The Labute approximate surface area is 145 Å². The number of imidazole rings is 2. The van der Waals surface area contributed by atoms with E-state index in [1.54, 1.807) is 10.6 Å². The second-order valence-electron chi connectivity index (χ2n) is 6.39. The Morgan fingerprint density at radius 3 is 2.65 bits per heavy atom. The van der Waals surface area contributed by atoms with E-state index in [1.165, 1.54) is 24.5 Å². The highest BCUT2D eigenvalue weighted by Crippen LogP contribution is 2.40. The number of nitrogens with zero attached hydrogens (tertiary/aromatic N) is 4. The van der Waals surface area contributed by atoms with Crippen molar-refractivity contribution in [1.29, 1.82) is 0 Å². The lowest BCUT2D eigenvalue weighted by Crippen LogP contribution is -2.06. The Morgan fingerprint density at radius 1 is 1.12 bits per heavy atom. The minimum Gasteiger partial charge on any atom is -0.478 e. The normalized spacial score (nSPS) is 14.4. The van der Waals surface area contributed by atoms with Crippen molar-refractivity contribution in [2.45, 2.75) is 18.9 Å². The minimum absolute atomic E-state index is 0.202. The van der Waals surface area contributed by atoms with Crippen molar-refractivity contribution in [1.82, 2.24) is 19.1 Å². The average molecular weight is 354 g/mol. The van der Waals surface area contributed by atoms with Gasteiger partial charge in [0.1, 0.15) is 18.0 Å². The average Bonchev–Trinajstić information content (AvgIpc) is 3.25. The maximum Gasteiger partial charge on any atom is 0.338 e. The first-order valence-corrected chi connectivity index (χ1v) is 8.10. The fraction of sp³-hybridized carbons (Fsp3) is 0.167. The molecule has 2 heterocycles. The molecular formula is C18H12F2N4O2. The molecule has 1 aliphatic carbocycles. The van der Waals surface area contributed by atoms with Crippen LogP contribution < -0.4 is 0 Å². The molecule has 1 aliphatic rings. The molecule has 5 rings (SSSR count). The van der Waals surface area contributed by atoms with E-state index in [0.29, 0.717) is 28.0 Å². The maximum atomic E-state index is 13.9. The van der Waals surface area contributed by atoms with Gasteiger partial charge in [0, 0.05) is 12.1 Å². The van der Waals surface area contributed by atoms with Crippen LogP contribution in [-0.2, 0) is 0 Å². The zero-order chi connectivity index (χ0) is 18.0. The van der Waals surface area contributed by atoms with Crippen LogP contribution in [0.5, 0.6) is 0 Å². The maximum absolute atomic E-state index is 13.9. The summed E-state index contributed by atoms with van der Waals surface area (Å²) in [5, 5.41) is 9.19. The highest BCUT2D eigenvalue weighted by atomic mass is 19.1. The number of benzene rings is 2. The van der Waals surface area contributed by atoms with Gasteiger partial charge in [0.05, 0.1) is 27.6 Å². The molecule has 0 amide bonds. The molecule has 6 nitrogen and oxygen atoms in total. The van der Waals surface area contributed by atoms with E-state index in [1.807, 2.05) is 4.57 Å². The lowest BCUT2D eigenvalue weighted by molar-refractivity contribution is 0.0692. The lowest BCUT2D eigenvalue weighted by Gasteiger charge is -2.09. The Kier molecular flexibility index (Phi) is 2.95. The van der Waals surface area contributed by atoms with Crippen molar-refractivity contribution in [3.63, 3.8) is 0 Å². The molecule has 4 aromatic rings. The van der Waals surface area contributed by atoms with Gasteiger partial charge in [0.15, 0.2) is 0 Å². The second-order valence-corrected chi connectivity index (χ2v) is 6.39. The summed E-state index contributed by atoms with van der Waals surface area (Å²) in [6, 6.07) is 6.94. The van der Waals surface area contributed by atoms with Gasteiger partial charge in [-0.05, 0) is 37.1 Å². The van der Waals surface area contributed by atoms with Gasteiger partial charge in [-0.1, -0.05) is 0 Å². The van der Waals surface area contributed by atoms with Crippen molar-refractivity contribution >= 4 is 28.0 Å². The van der Waals surface area contributed by atoms with E-state index in [9.17, 15) is 18.7 Å². The molecule has 0 atom stereocenters. The molecule has 0 saturated heterocycles. The monoisotopic (exact) mass is 354 g/mol. The summed E-state index contributed by atoms with van der Waals surface area (Å²) >= 11 is 0. The van der Waals surface area contributed by atoms with E-state index in [4.69, 9.17) is 0 Å². The largest absolute Gasteiger partial charge is 0.478 e. The highest BCUT2D eigenvalue weighted by molar-refractivity contribution is 5.93. The van der Waals surface area contributed by atoms with Crippen LogP contribution in [0.2, 0.25) is 0 Å². The summed E-state index contributed by atoms with van der Waals surface area (Å²) in [5.74, 6) is -2.03. The topological polar surface area (TPSA) is 72.9 Å². The fourth-order valence-electron chi connectivity index (χ4n) is 3.27. The van der Waals surface area contributed by atoms with Crippen LogP contribution in [0.1, 0.15) is 29.2 Å². The van der Waals surface area contributed by atoms with Crippen LogP contribution in [-0.4, -0.2) is 30.2 Å². The van der Waals surface area contributed by atoms with Crippen LogP contribution in [0.15, 0.2) is 36.7 Å². The van der Waals surface area contributed by atoms with Gasteiger partial charge in [0.2, 0.25) is 5.95 Å². The standard InChI is InChI=1S/C18H12F2N4O2/c19-9-1-4-13-16(5-9)24(10-2-3-10)18(22-13)23-8-21-14-7-12(20)11(17(25)26)6-15(14)23/h1,4-8,10H,2-3H2,(H,25,26). The first-order chi connectivity index (χ1) is 12.5. The number of fused-ring (bicyclic) bond motifs is 2. The molecule has 1 saturated carbocycles. The lowest BCUT2D eigenvalue weighted by atomic mass is 10.2. The molecular weight excluding hydrogens is 342 g/mol. The molecule has 1 fully saturated rings. The van der Waals surface area contributed by atoms with E-state index in [-0.39, 0.29) is 11.9 Å². The Morgan fingerprint density at radius 2 is 1.92 bits per heavy atom. The number of carboxylic acids is 1. The Hall–Kier alpha value is -3.29. The van der Waals surface area contributed by atoms with Gasteiger partial charge < -0.3 is 9.67 Å². The van der Waals surface area contributed by atoms with Gasteiger partial charge in [-0.2, -0.15) is 0 Å². The summed E-state index contributed by atoms with van der Waals surface area (Å²) in [5.41, 5.74) is 1.63. The zero-order valence-corrected chi connectivity index (χ0v) is 13.4. The van der Waals surface area contributed by atoms with E-state index < -0.39 is 17.3 Å². The summed E-state index contributed by atoms with van der Waals surface area (Å²) in [4.78, 5) is 20.0. The van der Waals surface area contributed by atoms with Crippen molar-refractivity contribution in [2.75, 3.05) is 0 Å². The molecule has 2 aromatic heterocycles. The van der Waals surface area contributed by atoms with Crippen LogP contribution in [0.3, 0.4) is 0 Å². The summed E-state index contributed by atoms with van der Waals surface area (Å²) < 4.78 is 31.2. The predicted molar refractivity (Wildman–Crippen MR) is 89.5 cm³/mol. The van der Waals surface area contributed by atoms with Crippen LogP contribution in [0.4, 0.5) is 8.78 Å². The third-order valence-corrected chi connectivity index (χ3v) is 4.63. The number of aromatic carboxylic acids is 1. The minimum atomic E-state index is -1.35. The van der Waals surface area contributed by atoms with Crippen molar-refractivity contribution < 1.29 is 18.7 Å².